The summed E-state index contributed by atoms with van der Waals surface area (Å²) in [6.07, 6.45) is 2.53. The smallest absolute Gasteiger partial charge is 0.155 e. The zero-order valence-corrected chi connectivity index (χ0v) is 10.4. The molecule has 0 aromatic carbocycles. The second-order valence-electron chi connectivity index (χ2n) is 3.90. The van der Waals surface area contributed by atoms with Crippen LogP contribution < -0.4 is 0 Å². The molecule has 2 atom stereocenters. The van der Waals surface area contributed by atoms with Crippen LogP contribution in [0, 0.1) is 5.92 Å². The van der Waals surface area contributed by atoms with Gasteiger partial charge in [-0.25, -0.2) is 0 Å². The number of ether oxygens (including phenoxy) is 3. The van der Waals surface area contributed by atoms with Crippen LogP contribution in [-0.2, 0) is 18.8 Å². The van der Waals surface area contributed by atoms with Gasteiger partial charge in [0.2, 0.25) is 0 Å². The Bertz CT molecular complexity index is 186. The maximum atomic E-state index is 10.6. The van der Waals surface area contributed by atoms with E-state index in [-0.39, 0.29) is 26.8 Å². The molecule has 4 nitrogen and oxygen atoms in total. The van der Waals surface area contributed by atoms with Crippen LogP contribution in [0.15, 0.2) is 0 Å². The summed E-state index contributed by atoms with van der Waals surface area (Å²) in [6.45, 7) is 0. The molecule has 0 aliphatic heterocycles. The van der Waals surface area contributed by atoms with E-state index in [1.807, 2.05) is 0 Å². The molecule has 0 aromatic heterocycles. The number of rotatable bonds is 5. The van der Waals surface area contributed by atoms with Crippen LogP contribution in [0.5, 0.6) is 0 Å². The normalized spacial score (nSPS) is 37.0. The highest BCUT2D eigenvalue weighted by molar-refractivity contribution is 7.23. The predicted octanol–water partition coefficient (Wildman–Crippen LogP) is 1.73. The van der Waals surface area contributed by atoms with E-state index in [4.69, 9.17) is 14.2 Å². The molecule has 1 rings (SSSR count). The van der Waals surface area contributed by atoms with E-state index >= 15 is 0 Å². The van der Waals surface area contributed by atoms with Crippen molar-refractivity contribution in [2.75, 3.05) is 27.5 Å². The monoisotopic (exact) mass is 234 g/mol. The highest BCUT2D eigenvalue weighted by Gasteiger charge is 2.38. The van der Waals surface area contributed by atoms with Crippen molar-refractivity contribution in [2.45, 2.75) is 31.2 Å². The van der Waals surface area contributed by atoms with Gasteiger partial charge in [0.15, 0.2) is 8.46 Å². The molecule has 1 fully saturated rings. The van der Waals surface area contributed by atoms with E-state index in [0.29, 0.717) is 12.1 Å². The van der Waals surface area contributed by atoms with Gasteiger partial charge in [0.25, 0.3) is 0 Å². The third-order valence-corrected chi connectivity index (χ3v) is 3.74. The zero-order chi connectivity index (χ0) is 11.3. The van der Waals surface area contributed by atoms with Crippen LogP contribution in [0.2, 0.25) is 0 Å². The predicted molar refractivity (Wildman–Crippen MR) is 57.6 cm³/mol. The van der Waals surface area contributed by atoms with E-state index in [1.165, 1.54) is 0 Å². The summed E-state index contributed by atoms with van der Waals surface area (Å²) < 4.78 is 26.8. The summed E-state index contributed by atoms with van der Waals surface area (Å²) in [5.74, 6) is 0.394. The Morgan fingerprint density at radius 1 is 1.07 bits per heavy atom. The fourth-order valence-electron chi connectivity index (χ4n) is 2.28. The van der Waals surface area contributed by atoms with Gasteiger partial charge in [-0.3, -0.25) is 4.57 Å². The van der Waals surface area contributed by atoms with Crippen molar-refractivity contribution in [3.63, 3.8) is 0 Å². The average Bonchev–Trinajstić information content (AvgIpc) is 2.28. The lowest BCUT2D eigenvalue weighted by Gasteiger charge is -2.39. The van der Waals surface area contributed by atoms with Crippen LogP contribution in [0.1, 0.15) is 12.8 Å². The third kappa shape index (κ3) is 3.22. The molecule has 0 radical (unpaired) electrons. The summed E-state index contributed by atoms with van der Waals surface area (Å²) in [5.41, 5.74) is 0. The maximum absolute atomic E-state index is 10.6. The molecule has 88 valence electrons. The minimum absolute atomic E-state index is 0.0143. The standard InChI is InChI=1S/C10H19O4P/c1-12-8-4-7(6-15-11)5-9(13-2)10(8)14-3/h7-10H,4-6H2,1-3H3. The van der Waals surface area contributed by atoms with Crippen molar-refractivity contribution in [3.05, 3.63) is 0 Å². The molecule has 0 heterocycles. The van der Waals surface area contributed by atoms with E-state index in [0.717, 1.165) is 12.8 Å². The van der Waals surface area contributed by atoms with E-state index < -0.39 is 0 Å². The first-order valence-electron chi connectivity index (χ1n) is 5.14. The molecule has 0 N–H and O–H groups in total. The van der Waals surface area contributed by atoms with Crippen molar-refractivity contribution in [1.29, 1.82) is 0 Å². The molecule has 0 spiro atoms. The Kier molecular flexibility index (Phi) is 5.69. The fraction of sp³-hybridized carbons (Fsp3) is 1.00. The molecule has 0 saturated heterocycles. The first-order chi connectivity index (χ1) is 7.26. The lowest BCUT2D eigenvalue weighted by atomic mass is 9.84. The summed E-state index contributed by atoms with van der Waals surface area (Å²) >= 11 is 0. The Hall–Kier alpha value is -0.0200. The minimum Gasteiger partial charge on any atom is -0.379 e. The van der Waals surface area contributed by atoms with Crippen molar-refractivity contribution < 1.29 is 18.8 Å². The van der Waals surface area contributed by atoms with Crippen LogP contribution in [0.4, 0.5) is 0 Å². The topological polar surface area (TPSA) is 44.8 Å². The lowest BCUT2D eigenvalue weighted by molar-refractivity contribution is -0.138. The van der Waals surface area contributed by atoms with Gasteiger partial charge < -0.3 is 14.2 Å². The van der Waals surface area contributed by atoms with E-state index in [2.05, 4.69) is 0 Å². The van der Waals surface area contributed by atoms with Crippen LogP contribution in [0.25, 0.3) is 0 Å². The largest absolute Gasteiger partial charge is 0.379 e. The van der Waals surface area contributed by atoms with Gasteiger partial charge in [-0.05, 0) is 18.8 Å². The molecule has 1 aliphatic carbocycles. The Morgan fingerprint density at radius 3 is 1.93 bits per heavy atom. The zero-order valence-electron chi connectivity index (χ0n) is 9.51. The molecule has 1 saturated carbocycles. The van der Waals surface area contributed by atoms with Gasteiger partial charge in [0.1, 0.15) is 6.10 Å². The second-order valence-corrected chi connectivity index (χ2v) is 4.52. The molecular weight excluding hydrogens is 215 g/mol. The second kappa shape index (κ2) is 6.54. The van der Waals surface area contributed by atoms with Crippen molar-refractivity contribution in [1.82, 2.24) is 0 Å². The maximum Gasteiger partial charge on any atom is 0.155 e. The molecule has 1 aliphatic rings. The summed E-state index contributed by atoms with van der Waals surface area (Å²) in [4.78, 5) is 0. The molecule has 0 bridgehead atoms. The Balaban J connectivity index is 2.64. The van der Waals surface area contributed by atoms with E-state index in [9.17, 15) is 4.57 Å². The molecule has 2 unspecified atom stereocenters. The number of methoxy groups -OCH3 is 3. The quantitative estimate of drug-likeness (QED) is 0.679. The summed E-state index contributed by atoms with van der Waals surface area (Å²) in [5, 5.41) is 0. The molecule has 5 heteroatoms. The molecular formula is C10H19O4P. The fourth-order valence-corrected chi connectivity index (χ4v) is 2.79. The minimum atomic E-state index is -0.0143. The van der Waals surface area contributed by atoms with Gasteiger partial charge in [-0.2, -0.15) is 0 Å². The number of hydrogen-bond donors (Lipinski definition) is 0. The molecule has 0 amide bonds. The van der Waals surface area contributed by atoms with Crippen molar-refractivity contribution in [2.24, 2.45) is 5.92 Å². The van der Waals surface area contributed by atoms with Gasteiger partial charge in [0, 0.05) is 27.5 Å². The highest BCUT2D eigenvalue weighted by Crippen LogP contribution is 2.31. The van der Waals surface area contributed by atoms with Crippen molar-refractivity contribution >= 4 is 8.46 Å². The lowest BCUT2D eigenvalue weighted by Crippen LogP contribution is -2.47. The Labute approximate surface area is 92.5 Å². The molecule has 15 heavy (non-hydrogen) atoms. The van der Waals surface area contributed by atoms with Gasteiger partial charge >= 0.3 is 0 Å². The van der Waals surface area contributed by atoms with Gasteiger partial charge in [-0.1, -0.05) is 0 Å². The van der Waals surface area contributed by atoms with Crippen molar-refractivity contribution in [3.8, 4) is 0 Å². The van der Waals surface area contributed by atoms with Crippen LogP contribution >= 0.6 is 8.46 Å². The SMILES string of the molecule is COC1CC(CP=O)CC(OC)C1OC. The van der Waals surface area contributed by atoms with Gasteiger partial charge in [0.05, 0.1) is 12.2 Å². The van der Waals surface area contributed by atoms with E-state index in [1.54, 1.807) is 21.3 Å². The first-order valence-corrected chi connectivity index (χ1v) is 6.14. The molecule has 0 aromatic rings. The van der Waals surface area contributed by atoms with Crippen LogP contribution in [0.3, 0.4) is 0 Å². The third-order valence-electron chi connectivity index (χ3n) is 3.07. The number of hydrogen-bond acceptors (Lipinski definition) is 4. The van der Waals surface area contributed by atoms with Crippen LogP contribution in [-0.4, -0.2) is 45.8 Å². The first kappa shape index (κ1) is 13.0. The van der Waals surface area contributed by atoms with Gasteiger partial charge in [-0.15, -0.1) is 0 Å². The average molecular weight is 234 g/mol. The summed E-state index contributed by atoms with van der Waals surface area (Å²) in [7, 11) is 5.24. The highest BCUT2D eigenvalue weighted by atomic mass is 31.1. The summed E-state index contributed by atoms with van der Waals surface area (Å²) in [6, 6.07) is 0. The Morgan fingerprint density at radius 2 is 1.60 bits per heavy atom.